The summed E-state index contributed by atoms with van der Waals surface area (Å²) in [5, 5.41) is 0. The molecule has 3 atom stereocenters. The zero-order valence-corrected chi connectivity index (χ0v) is 14.6. The van der Waals surface area contributed by atoms with Gasteiger partial charge in [0.05, 0.1) is 18.7 Å². The Bertz CT molecular complexity index is 677. The van der Waals surface area contributed by atoms with Crippen LogP contribution in [0.3, 0.4) is 0 Å². The van der Waals surface area contributed by atoms with Gasteiger partial charge in [0, 0.05) is 25.9 Å². The number of hydrogen-bond donors (Lipinski definition) is 0. The van der Waals surface area contributed by atoms with Gasteiger partial charge in [0.15, 0.2) is 5.72 Å². The van der Waals surface area contributed by atoms with Crippen molar-refractivity contribution in [2.24, 2.45) is 5.92 Å². The van der Waals surface area contributed by atoms with Gasteiger partial charge in [-0.2, -0.15) is 0 Å². The minimum absolute atomic E-state index is 0.110. The monoisotopic (exact) mass is 332 g/mol. The standard InChI is InChI=1S/C19H25FN2O2/c1-12(2)16-11-24-19-6-7-21(17(19)9-18(23)22(16)19)10-14-4-5-15(20)13(3)8-14/h4-5,8,12,16-17H,6-7,9-11H2,1-3H3/t16-,17+,19-/m0/s1. The van der Waals surface area contributed by atoms with Crippen LogP contribution in [0.5, 0.6) is 0 Å². The summed E-state index contributed by atoms with van der Waals surface area (Å²) < 4.78 is 19.7. The fourth-order valence-corrected chi connectivity index (χ4v) is 4.68. The van der Waals surface area contributed by atoms with Gasteiger partial charge in [-0.15, -0.1) is 0 Å². The van der Waals surface area contributed by atoms with Crippen LogP contribution in [-0.4, -0.2) is 46.7 Å². The first-order valence-electron chi connectivity index (χ1n) is 8.87. The highest BCUT2D eigenvalue weighted by Crippen LogP contribution is 2.49. The van der Waals surface area contributed by atoms with Crippen LogP contribution in [0, 0.1) is 18.7 Å². The molecular weight excluding hydrogens is 307 g/mol. The van der Waals surface area contributed by atoms with Crippen molar-refractivity contribution in [3.63, 3.8) is 0 Å². The molecule has 5 heteroatoms. The number of likely N-dealkylation sites (tertiary alicyclic amines) is 1. The van der Waals surface area contributed by atoms with E-state index in [2.05, 4.69) is 18.7 Å². The van der Waals surface area contributed by atoms with Crippen LogP contribution >= 0.6 is 0 Å². The van der Waals surface area contributed by atoms with E-state index < -0.39 is 5.72 Å². The van der Waals surface area contributed by atoms with Crippen LogP contribution in [0.25, 0.3) is 0 Å². The highest BCUT2D eigenvalue weighted by molar-refractivity contribution is 5.82. The van der Waals surface area contributed by atoms with E-state index in [0.717, 1.165) is 25.1 Å². The summed E-state index contributed by atoms with van der Waals surface area (Å²) in [4.78, 5) is 17.0. The number of ether oxygens (including phenoxy) is 1. The number of hydrogen-bond acceptors (Lipinski definition) is 3. The molecule has 0 bridgehead atoms. The first-order chi connectivity index (χ1) is 11.4. The van der Waals surface area contributed by atoms with E-state index >= 15 is 0 Å². The van der Waals surface area contributed by atoms with E-state index in [-0.39, 0.29) is 23.8 Å². The molecule has 24 heavy (non-hydrogen) atoms. The van der Waals surface area contributed by atoms with Gasteiger partial charge in [-0.3, -0.25) is 9.69 Å². The first-order valence-corrected chi connectivity index (χ1v) is 8.87. The minimum Gasteiger partial charge on any atom is -0.352 e. The van der Waals surface area contributed by atoms with Gasteiger partial charge >= 0.3 is 0 Å². The molecule has 1 amide bonds. The second-order valence-corrected chi connectivity index (χ2v) is 7.75. The molecule has 0 radical (unpaired) electrons. The van der Waals surface area contributed by atoms with Crippen LogP contribution in [0.4, 0.5) is 4.39 Å². The van der Waals surface area contributed by atoms with Crippen molar-refractivity contribution in [3.05, 3.63) is 35.1 Å². The molecule has 0 saturated carbocycles. The largest absolute Gasteiger partial charge is 0.352 e. The van der Waals surface area contributed by atoms with Crippen molar-refractivity contribution in [2.75, 3.05) is 13.2 Å². The van der Waals surface area contributed by atoms with Gasteiger partial charge in [-0.1, -0.05) is 26.0 Å². The normalized spacial score (nSPS) is 32.7. The SMILES string of the molecule is Cc1cc(CN2CC[C@@]34OC[C@@H](C(C)C)N3C(=O)C[C@@H]24)ccc1F. The second-order valence-electron chi connectivity index (χ2n) is 7.75. The average molecular weight is 332 g/mol. The number of carbonyl (C=O) groups is 1. The third-order valence-corrected chi connectivity index (χ3v) is 5.98. The van der Waals surface area contributed by atoms with Crippen molar-refractivity contribution < 1.29 is 13.9 Å². The predicted octanol–water partition coefficient (Wildman–Crippen LogP) is 2.69. The van der Waals surface area contributed by atoms with Gasteiger partial charge in [0.1, 0.15) is 5.82 Å². The van der Waals surface area contributed by atoms with Gasteiger partial charge < -0.3 is 9.64 Å². The Hall–Kier alpha value is -1.46. The molecule has 0 unspecified atom stereocenters. The summed E-state index contributed by atoms with van der Waals surface area (Å²) in [5.41, 5.74) is 1.33. The van der Waals surface area contributed by atoms with Crippen molar-refractivity contribution >= 4 is 5.91 Å². The minimum atomic E-state index is -0.429. The molecule has 3 aliphatic heterocycles. The Balaban J connectivity index is 1.57. The molecule has 0 N–H and O–H groups in total. The summed E-state index contributed by atoms with van der Waals surface area (Å²) >= 11 is 0. The van der Waals surface area contributed by atoms with E-state index in [4.69, 9.17) is 4.74 Å². The summed E-state index contributed by atoms with van der Waals surface area (Å²) in [6.45, 7) is 8.39. The van der Waals surface area contributed by atoms with Crippen molar-refractivity contribution in [1.29, 1.82) is 0 Å². The molecule has 1 aromatic carbocycles. The molecule has 4 rings (SSSR count). The molecule has 0 aliphatic carbocycles. The van der Waals surface area contributed by atoms with E-state index in [1.807, 2.05) is 17.0 Å². The third kappa shape index (κ3) is 2.21. The van der Waals surface area contributed by atoms with E-state index in [1.54, 1.807) is 6.92 Å². The summed E-state index contributed by atoms with van der Waals surface area (Å²) in [7, 11) is 0. The predicted molar refractivity (Wildman–Crippen MR) is 88.7 cm³/mol. The highest BCUT2D eigenvalue weighted by atomic mass is 19.1. The van der Waals surface area contributed by atoms with E-state index in [0.29, 0.717) is 24.5 Å². The van der Waals surface area contributed by atoms with Crippen LogP contribution in [0.2, 0.25) is 0 Å². The number of aryl methyl sites for hydroxylation is 1. The molecule has 3 saturated heterocycles. The number of halogens is 1. The zero-order valence-electron chi connectivity index (χ0n) is 14.6. The van der Waals surface area contributed by atoms with Crippen LogP contribution < -0.4 is 0 Å². The molecule has 3 fully saturated rings. The lowest BCUT2D eigenvalue weighted by atomic mass is 10.0. The molecule has 1 spiro atoms. The number of amides is 1. The highest BCUT2D eigenvalue weighted by Gasteiger charge is 2.64. The zero-order chi connectivity index (χ0) is 17.1. The van der Waals surface area contributed by atoms with Gasteiger partial charge in [0.25, 0.3) is 0 Å². The van der Waals surface area contributed by atoms with E-state index in [1.165, 1.54) is 6.07 Å². The smallest absolute Gasteiger partial charge is 0.226 e. The lowest BCUT2D eigenvalue weighted by molar-refractivity contribution is -0.139. The first kappa shape index (κ1) is 16.0. The van der Waals surface area contributed by atoms with Crippen molar-refractivity contribution in [1.82, 2.24) is 9.80 Å². The fourth-order valence-electron chi connectivity index (χ4n) is 4.68. The van der Waals surface area contributed by atoms with Gasteiger partial charge in [-0.05, 0) is 30.0 Å². The Morgan fingerprint density at radius 1 is 1.42 bits per heavy atom. The summed E-state index contributed by atoms with van der Waals surface area (Å²) in [6.07, 6.45) is 1.40. The molecule has 3 aliphatic rings. The third-order valence-electron chi connectivity index (χ3n) is 5.98. The lowest BCUT2D eigenvalue weighted by Gasteiger charge is -2.34. The molecule has 3 heterocycles. The number of rotatable bonds is 3. The van der Waals surface area contributed by atoms with Crippen molar-refractivity contribution in [2.45, 2.75) is 58.0 Å². The maximum atomic E-state index is 13.5. The maximum absolute atomic E-state index is 13.5. The maximum Gasteiger partial charge on any atom is 0.226 e. The summed E-state index contributed by atoms with van der Waals surface area (Å²) in [5.74, 6) is 0.454. The topological polar surface area (TPSA) is 32.8 Å². The number of nitrogens with zero attached hydrogens (tertiary/aromatic N) is 2. The molecule has 130 valence electrons. The van der Waals surface area contributed by atoms with Crippen LogP contribution in [0.15, 0.2) is 18.2 Å². The fraction of sp³-hybridized carbons (Fsp3) is 0.632. The van der Waals surface area contributed by atoms with Gasteiger partial charge in [0.2, 0.25) is 5.91 Å². The quantitative estimate of drug-likeness (QED) is 0.853. The van der Waals surface area contributed by atoms with Crippen LogP contribution in [0.1, 0.15) is 37.8 Å². The Labute approximate surface area is 142 Å². The molecule has 4 nitrogen and oxygen atoms in total. The Morgan fingerprint density at radius 2 is 2.21 bits per heavy atom. The number of carbonyl (C=O) groups excluding carboxylic acids is 1. The molecule has 1 aromatic rings. The second kappa shape index (κ2) is 5.53. The van der Waals surface area contributed by atoms with Gasteiger partial charge in [-0.25, -0.2) is 4.39 Å². The molecular formula is C19H25FN2O2. The number of benzene rings is 1. The average Bonchev–Trinajstić information content (AvgIpc) is 3.14. The Kier molecular flexibility index (Phi) is 3.69. The summed E-state index contributed by atoms with van der Waals surface area (Å²) in [6, 6.07) is 5.58. The Morgan fingerprint density at radius 3 is 2.92 bits per heavy atom. The van der Waals surface area contributed by atoms with Crippen LogP contribution in [-0.2, 0) is 16.1 Å². The lowest BCUT2D eigenvalue weighted by Crippen LogP contribution is -2.50. The molecule has 0 aromatic heterocycles. The van der Waals surface area contributed by atoms with E-state index in [9.17, 15) is 9.18 Å². The van der Waals surface area contributed by atoms with Crippen molar-refractivity contribution in [3.8, 4) is 0 Å².